The maximum Gasteiger partial charge on any atom is 0.255 e. The fourth-order valence-electron chi connectivity index (χ4n) is 4.59. The van der Waals surface area contributed by atoms with Crippen LogP contribution < -0.4 is 0 Å². The van der Waals surface area contributed by atoms with Crippen LogP contribution in [0.2, 0.25) is 0 Å². The number of fused-ring (bicyclic) bond motifs is 1. The summed E-state index contributed by atoms with van der Waals surface area (Å²) < 4.78 is 2.18. The van der Waals surface area contributed by atoms with Crippen LogP contribution in [0.15, 0.2) is 37.2 Å². The molecular weight excluding hydrogens is 352 g/mol. The second kappa shape index (κ2) is 7.30. The average Bonchev–Trinajstić information content (AvgIpc) is 3.43. The molecule has 3 aromatic heterocycles. The second-order valence-corrected chi connectivity index (χ2v) is 7.86. The molecule has 1 aliphatic heterocycles. The molecule has 4 heterocycles. The Labute approximate surface area is 163 Å². The molecule has 1 amide bonds. The Morgan fingerprint density at radius 1 is 1.04 bits per heavy atom. The normalized spacial score (nSPS) is 18.8. The summed E-state index contributed by atoms with van der Waals surface area (Å²) >= 11 is 0. The van der Waals surface area contributed by atoms with Gasteiger partial charge in [0.2, 0.25) is 0 Å². The molecule has 0 atom stereocenters. The van der Waals surface area contributed by atoms with E-state index >= 15 is 0 Å². The molecule has 1 aliphatic carbocycles. The molecule has 7 heteroatoms. The van der Waals surface area contributed by atoms with Crippen LogP contribution in [-0.4, -0.2) is 48.4 Å². The molecule has 0 aromatic carbocycles. The van der Waals surface area contributed by atoms with Crippen LogP contribution in [0, 0.1) is 0 Å². The SMILES string of the molecule is O=C(c1cnc2c(c1)ncn2C1CCCC1)N1CCC(c2ccncn2)CC1. The number of hydrogen-bond donors (Lipinski definition) is 0. The fraction of sp³-hybridized carbons (Fsp3) is 0.476. The molecule has 1 saturated heterocycles. The molecule has 0 spiro atoms. The largest absolute Gasteiger partial charge is 0.339 e. The minimum atomic E-state index is 0.0472. The number of carbonyl (C=O) groups excluding carboxylic acids is 1. The summed E-state index contributed by atoms with van der Waals surface area (Å²) in [4.78, 5) is 32.4. The van der Waals surface area contributed by atoms with E-state index in [9.17, 15) is 4.79 Å². The third kappa shape index (κ3) is 3.15. The molecule has 2 fully saturated rings. The standard InChI is InChI=1S/C21H24N6O/c28-21(26-9-6-15(7-10-26)18-5-8-22-13-24-18)16-11-19-20(23-12-16)27(14-25-19)17-3-1-2-4-17/h5,8,11-15,17H,1-4,6-7,9-10H2. The van der Waals surface area contributed by atoms with Gasteiger partial charge in [-0.05, 0) is 37.8 Å². The summed E-state index contributed by atoms with van der Waals surface area (Å²) in [5, 5.41) is 0. The van der Waals surface area contributed by atoms with Crippen molar-refractivity contribution in [1.29, 1.82) is 0 Å². The van der Waals surface area contributed by atoms with Crippen LogP contribution >= 0.6 is 0 Å². The van der Waals surface area contributed by atoms with Gasteiger partial charge in [0.05, 0.1) is 11.9 Å². The van der Waals surface area contributed by atoms with E-state index in [0.29, 0.717) is 17.5 Å². The van der Waals surface area contributed by atoms with E-state index in [1.165, 1.54) is 25.7 Å². The molecule has 1 saturated carbocycles. The number of hydrogen-bond acceptors (Lipinski definition) is 5. The van der Waals surface area contributed by atoms with Gasteiger partial charge in [0.25, 0.3) is 5.91 Å². The zero-order valence-corrected chi connectivity index (χ0v) is 15.9. The van der Waals surface area contributed by atoms with Crippen LogP contribution in [0.5, 0.6) is 0 Å². The smallest absolute Gasteiger partial charge is 0.255 e. The number of piperidine rings is 1. The lowest BCUT2D eigenvalue weighted by Crippen LogP contribution is -2.38. The van der Waals surface area contributed by atoms with Crippen molar-refractivity contribution in [1.82, 2.24) is 29.4 Å². The lowest BCUT2D eigenvalue weighted by atomic mass is 9.93. The Hall–Kier alpha value is -2.83. The van der Waals surface area contributed by atoms with Gasteiger partial charge in [-0.15, -0.1) is 0 Å². The molecule has 7 nitrogen and oxygen atoms in total. The van der Waals surface area contributed by atoms with Crippen LogP contribution in [0.3, 0.4) is 0 Å². The van der Waals surface area contributed by atoms with Crippen molar-refractivity contribution in [2.45, 2.75) is 50.5 Å². The first kappa shape index (κ1) is 17.3. The van der Waals surface area contributed by atoms with Crippen molar-refractivity contribution in [3.8, 4) is 0 Å². The maximum absolute atomic E-state index is 13.0. The highest BCUT2D eigenvalue weighted by molar-refractivity contribution is 5.96. The second-order valence-electron chi connectivity index (χ2n) is 7.86. The first-order valence-corrected chi connectivity index (χ1v) is 10.2. The number of rotatable bonds is 3. The number of pyridine rings is 1. The summed E-state index contributed by atoms with van der Waals surface area (Å²) in [5.74, 6) is 0.445. The topological polar surface area (TPSA) is 76.8 Å². The van der Waals surface area contributed by atoms with Crippen LogP contribution in [0.25, 0.3) is 11.2 Å². The predicted molar refractivity (Wildman–Crippen MR) is 105 cm³/mol. The fourth-order valence-corrected chi connectivity index (χ4v) is 4.59. The zero-order chi connectivity index (χ0) is 18.9. The minimum absolute atomic E-state index is 0.0472. The third-order valence-corrected chi connectivity index (χ3v) is 6.18. The van der Waals surface area contributed by atoms with Crippen molar-refractivity contribution in [3.63, 3.8) is 0 Å². The van der Waals surface area contributed by atoms with Gasteiger partial charge in [-0.3, -0.25) is 4.79 Å². The zero-order valence-electron chi connectivity index (χ0n) is 15.9. The highest BCUT2D eigenvalue weighted by Crippen LogP contribution is 2.32. The van der Waals surface area contributed by atoms with Crippen molar-refractivity contribution < 1.29 is 4.79 Å². The van der Waals surface area contributed by atoms with Gasteiger partial charge in [-0.25, -0.2) is 19.9 Å². The molecule has 0 unspecified atom stereocenters. The van der Waals surface area contributed by atoms with Crippen LogP contribution in [-0.2, 0) is 0 Å². The molecule has 0 bridgehead atoms. The van der Waals surface area contributed by atoms with Crippen LogP contribution in [0.1, 0.15) is 66.5 Å². The Bertz CT molecular complexity index is 971. The number of aromatic nitrogens is 5. The highest BCUT2D eigenvalue weighted by Gasteiger charge is 2.26. The van der Waals surface area contributed by atoms with E-state index in [-0.39, 0.29) is 5.91 Å². The molecule has 0 radical (unpaired) electrons. The van der Waals surface area contributed by atoms with Gasteiger partial charge in [0, 0.05) is 43.1 Å². The van der Waals surface area contributed by atoms with Gasteiger partial charge in [0.1, 0.15) is 11.8 Å². The first-order valence-electron chi connectivity index (χ1n) is 10.2. The van der Waals surface area contributed by atoms with Gasteiger partial charge in [-0.1, -0.05) is 12.8 Å². The number of nitrogens with zero attached hydrogens (tertiary/aromatic N) is 6. The maximum atomic E-state index is 13.0. The lowest BCUT2D eigenvalue weighted by Gasteiger charge is -2.31. The Kier molecular flexibility index (Phi) is 4.50. The summed E-state index contributed by atoms with van der Waals surface area (Å²) in [5.41, 5.74) is 3.41. The van der Waals surface area contributed by atoms with E-state index in [1.54, 1.807) is 18.7 Å². The average molecular weight is 376 g/mol. The van der Waals surface area contributed by atoms with Gasteiger partial charge < -0.3 is 9.47 Å². The third-order valence-electron chi connectivity index (χ3n) is 6.18. The highest BCUT2D eigenvalue weighted by atomic mass is 16.2. The van der Waals surface area contributed by atoms with Gasteiger partial charge in [0.15, 0.2) is 5.65 Å². The van der Waals surface area contributed by atoms with E-state index in [1.807, 2.05) is 23.4 Å². The lowest BCUT2D eigenvalue weighted by molar-refractivity contribution is 0.0712. The Balaban J connectivity index is 1.30. The molecule has 144 valence electrons. The molecule has 0 N–H and O–H groups in total. The molecule has 3 aromatic rings. The van der Waals surface area contributed by atoms with Crippen molar-refractivity contribution >= 4 is 17.1 Å². The van der Waals surface area contributed by atoms with Crippen molar-refractivity contribution in [2.75, 3.05) is 13.1 Å². The molecule has 5 rings (SSSR count). The number of amides is 1. The minimum Gasteiger partial charge on any atom is -0.339 e. The van der Waals surface area contributed by atoms with E-state index < -0.39 is 0 Å². The van der Waals surface area contributed by atoms with E-state index in [4.69, 9.17) is 0 Å². The summed E-state index contributed by atoms with van der Waals surface area (Å²) in [6, 6.07) is 4.37. The molecule has 28 heavy (non-hydrogen) atoms. The quantitative estimate of drug-likeness (QED) is 0.700. The van der Waals surface area contributed by atoms with E-state index in [2.05, 4.69) is 24.5 Å². The van der Waals surface area contributed by atoms with Crippen molar-refractivity contribution in [3.05, 3.63) is 48.4 Å². The van der Waals surface area contributed by atoms with Gasteiger partial charge in [-0.2, -0.15) is 0 Å². The Morgan fingerprint density at radius 2 is 1.86 bits per heavy atom. The summed E-state index contributed by atoms with van der Waals surface area (Å²) in [6.07, 6.45) is 13.7. The van der Waals surface area contributed by atoms with Gasteiger partial charge >= 0.3 is 0 Å². The number of likely N-dealkylation sites (tertiary alicyclic amines) is 1. The molecular formula is C21H24N6O. The van der Waals surface area contributed by atoms with E-state index in [0.717, 1.165) is 42.8 Å². The number of imidazole rings is 1. The monoisotopic (exact) mass is 376 g/mol. The first-order chi connectivity index (χ1) is 13.8. The Morgan fingerprint density at radius 3 is 2.61 bits per heavy atom. The summed E-state index contributed by atoms with van der Waals surface area (Å²) in [6.45, 7) is 1.48. The van der Waals surface area contributed by atoms with Crippen molar-refractivity contribution in [2.24, 2.45) is 0 Å². The summed E-state index contributed by atoms with van der Waals surface area (Å²) in [7, 11) is 0. The van der Waals surface area contributed by atoms with Crippen LogP contribution in [0.4, 0.5) is 0 Å². The predicted octanol–water partition coefficient (Wildman–Crippen LogP) is 3.36. The molecule has 2 aliphatic rings. The number of carbonyl (C=O) groups is 1.